The third kappa shape index (κ3) is 3.99. The van der Waals surface area contributed by atoms with Crippen LogP contribution in [0.5, 0.6) is 0 Å². The van der Waals surface area contributed by atoms with Gasteiger partial charge in [-0.15, -0.1) is 0 Å². The number of esters is 1. The fourth-order valence-corrected chi connectivity index (χ4v) is 1.88. The molecule has 0 amide bonds. The van der Waals surface area contributed by atoms with Gasteiger partial charge < -0.3 is 4.74 Å². The third-order valence-electron chi connectivity index (χ3n) is 2.96. The zero-order chi connectivity index (χ0) is 13.5. The summed E-state index contributed by atoms with van der Waals surface area (Å²) < 4.78 is 4.71. The van der Waals surface area contributed by atoms with Crippen LogP contribution < -0.4 is 0 Å². The van der Waals surface area contributed by atoms with Crippen molar-refractivity contribution in [3.05, 3.63) is 35.9 Å². The van der Waals surface area contributed by atoms with E-state index in [1.807, 2.05) is 30.3 Å². The smallest absolute Gasteiger partial charge is 0.316 e. The molecule has 0 bridgehead atoms. The normalized spacial score (nSPS) is 12.2. The van der Waals surface area contributed by atoms with Gasteiger partial charge in [0, 0.05) is 5.92 Å². The van der Waals surface area contributed by atoms with E-state index in [1.165, 1.54) is 7.11 Å². The summed E-state index contributed by atoms with van der Waals surface area (Å²) in [6.07, 6.45) is 1.22. The Balaban J connectivity index is 2.68. The van der Waals surface area contributed by atoms with Crippen molar-refractivity contribution in [3.8, 4) is 0 Å². The molecule has 98 valence electrons. The Bertz CT molecular complexity index is 395. The molecule has 1 aromatic carbocycles. The van der Waals surface area contributed by atoms with Crippen molar-refractivity contribution < 1.29 is 14.3 Å². The van der Waals surface area contributed by atoms with E-state index < -0.39 is 11.9 Å². The van der Waals surface area contributed by atoms with Crippen LogP contribution in [-0.2, 0) is 20.7 Å². The van der Waals surface area contributed by atoms with Gasteiger partial charge in [-0.25, -0.2) is 0 Å². The molecule has 0 aromatic heterocycles. The van der Waals surface area contributed by atoms with Gasteiger partial charge in [0.1, 0.15) is 11.7 Å². The molecule has 18 heavy (non-hydrogen) atoms. The number of rotatable bonds is 6. The second-order valence-electron chi connectivity index (χ2n) is 4.66. The highest BCUT2D eigenvalue weighted by Gasteiger charge is 2.28. The predicted molar refractivity (Wildman–Crippen MR) is 70.1 cm³/mol. The average Bonchev–Trinajstić information content (AvgIpc) is 2.39. The fourth-order valence-electron chi connectivity index (χ4n) is 1.88. The number of carbonyl (C=O) groups is 2. The number of hydrogen-bond acceptors (Lipinski definition) is 3. The number of carbonyl (C=O) groups excluding carboxylic acids is 2. The Kier molecular flexibility index (Phi) is 5.56. The SMILES string of the molecule is COC(=O)C(CCc1ccccc1)C(=O)C(C)C. The van der Waals surface area contributed by atoms with Gasteiger partial charge in [-0.1, -0.05) is 44.2 Å². The summed E-state index contributed by atoms with van der Waals surface area (Å²) in [5, 5.41) is 0. The topological polar surface area (TPSA) is 43.4 Å². The van der Waals surface area contributed by atoms with E-state index >= 15 is 0 Å². The molecule has 0 heterocycles. The number of hydrogen-bond donors (Lipinski definition) is 0. The molecule has 1 aromatic rings. The summed E-state index contributed by atoms with van der Waals surface area (Å²) in [6, 6.07) is 9.84. The number of benzene rings is 1. The molecule has 0 aliphatic rings. The lowest BCUT2D eigenvalue weighted by Gasteiger charge is -2.15. The summed E-state index contributed by atoms with van der Waals surface area (Å²) in [7, 11) is 1.32. The quantitative estimate of drug-likeness (QED) is 0.574. The maximum absolute atomic E-state index is 12.0. The van der Waals surface area contributed by atoms with E-state index in [0.717, 1.165) is 5.56 Å². The van der Waals surface area contributed by atoms with Crippen molar-refractivity contribution in [1.29, 1.82) is 0 Å². The maximum atomic E-state index is 12.0. The molecule has 0 radical (unpaired) electrons. The van der Waals surface area contributed by atoms with Gasteiger partial charge in [-0.3, -0.25) is 9.59 Å². The Labute approximate surface area is 108 Å². The van der Waals surface area contributed by atoms with Crippen molar-refractivity contribution in [1.82, 2.24) is 0 Å². The summed E-state index contributed by atoms with van der Waals surface area (Å²) in [4.78, 5) is 23.6. The number of ketones is 1. The van der Waals surface area contributed by atoms with Gasteiger partial charge in [0.2, 0.25) is 0 Å². The van der Waals surface area contributed by atoms with E-state index in [-0.39, 0.29) is 11.7 Å². The molecule has 0 N–H and O–H groups in total. The van der Waals surface area contributed by atoms with Crippen LogP contribution >= 0.6 is 0 Å². The molecular formula is C15H20O3. The van der Waals surface area contributed by atoms with Crippen LogP contribution in [0.4, 0.5) is 0 Å². The molecule has 0 saturated carbocycles. The first-order valence-electron chi connectivity index (χ1n) is 6.21. The number of methoxy groups -OCH3 is 1. The fraction of sp³-hybridized carbons (Fsp3) is 0.467. The molecule has 0 saturated heterocycles. The van der Waals surface area contributed by atoms with Crippen molar-refractivity contribution >= 4 is 11.8 Å². The average molecular weight is 248 g/mol. The second kappa shape index (κ2) is 6.94. The van der Waals surface area contributed by atoms with Crippen LogP contribution in [0.15, 0.2) is 30.3 Å². The Morgan fingerprint density at radius 2 is 1.78 bits per heavy atom. The zero-order valence-corrected chi connectivity index (χ0v) is 11.2. The Morgan fingerprint density at radius 3 is 2.28 bits per heavy atom. The third-order valence-corrected chi connectivity index (χ3v) is 2.96. The predicted octanol–water partition coefficient (Wildman–Crippen LogP) is 2.63. The summed E-state index contributed by atoms with van der Waals surface area (Å²) >= 11 is 0. The molecule has 3 nitrogen and oxygen atoms in total. The van der Waals surface area contributed by atoms with Gasteiger partial charge in [0.15, 0.2) is 0 Å². The van der Waals surface area contributed by atoms with Gasteiger partial charge >= 0.3 is 5.97 Å². The lowest BCUT2D eigenvalue weighted by Crippen LogP contribution is -2.29. The molecule has 1 rings (SSSR count). The first kappa shape index (κ1) is 14.4. The van der Waals surface area contributed by atoms with E-state index in [2.05, 4.69) is 0 Å². The minimum atomic E-state index is -0.643. The highest BCUT2D eigenvalue weighted by molar-refractivity contribution is 5.99. The largest absolute Gasteiger partial charge is 0.468 e. The summed E-state index contributed by atoms with van der Waals surface area (Å²) in [5.74, 6) is -1.26. The lowest BCUT2D eigenvalue weighted by molar-refractivity contribution is -0.150. The van der Waals surface area contributed by atoms with Gasteiger partial charge in [0.25, 0.3) is 0 Å². The van der Waals surface area contributed by atoms with E-state index in [4.69, 9.17) is 4.74 Å². The molecule has 1 unspecified atom stereocenters. The van der Waals surface area contributed by atoms with Gasteiger partial charge in [-0.05, 0) is 18.4 Å². The van der Waals surface area contributed by atoms with Crippen LogP contribution in [0.25, 0.3) is 0 Å². The monoisotopic (exact) mass is 248 g/mol. The Hall–Kier alpha value is -1.64. The number of Topliss-reactive ketones (excluding diaryl/α,β-unsaturated/α-hetero) is 1. The molecule has 3 heteroatoms. The summed E-state index contributed by atoms with van der Waals surface area (Å²) in [6.45, 7) is 3.61. The maximum Gasteiger partial charge on any atom is 0.316 e. The number of aryl methyl sites for hydroxylation is 1. The van der Waals surface area contributed by atoms with E-state index in [1.54, 1.807) is 13.8 Å². The molecule has 0 aliphatic carbocycles. The van der Waals surface area contributed by atoms with Crippen LogP contribution in [0, 0.1) is 11.8 Å². The van der Waals surface area contributed by atoms with E-state index in [0.29, 0.717) is 12.8 Å². The second-order valence-corrected chi connectivity index (χ2v) is 4.66. The molecular weight excluding hydrogens is 228 g/mol. The minimum Gasteiger partial charge on any atom is -0.468 e. The lowest BCUT2D eigenvalue weighted by atomic mass is 9.90. The minimum absolute atomic E-state index is 0.0437. The molecule has 0 aliphatic heterocycles. The summed E-state index contributed by atoms with van der Waals surface area (Å²) in [5.41, 5.74) is 1.13. The van der Waals surface area contributed by atoms with Crippen LogP contribution in [0.1, 0.15) is 25.8 Å². The van der Waals surface area contributed by atoms with Gasteiger partial charge in [0.05, 0.1) is 7.11 Å². The number of ether oxygens (including phenoxy) is 1. The van der Waals surface area contributed by atoms with Crippen molar-refractivity contribution in [2.24, 2.45) is 11.8 Å². The zero-order valence-electron chi connectivity index (χ0n) is 11.2. The first-order chi connectivity index (χ1) is 8.56. The van der Waals surface area contributed by atoms with Crippen molar-refractivity contribution in [2.75, 3.05) is 7.11 Å². The Morgan fingerprint density at radius 1 is 1.17 bits per heavy atom. The molecule has 1 atom stereocenters. The van der Waals surface area contributed by atoms with Crippen LogP contribution in [0.3, 0.4) is 0 Å². The van der Waals surface area contributed by atoms with Crippen LogP contribution in [0.2, 0.25) is 0 Å². The first-order valence-corrected chi connectivity index (χ1v) is 6.21. The molecule has 0 fully saturated rings. The molecule has 0 spiro atoms. The van der Waals surface area contributed by atoms with Crippen molar-refractivity contribution in [2.45, 2.75) is 26.7 Å². The van der Waals surface area contributed by atoms with Crippen molar-refractivity contribution in [3.63, 3.8) is 0 Å². The van der Waals surface area contributed by atoms with Gasteiger partial charge in [-0.2, -0.15) is 0 Å². The highest BCUT2D eigenvalue weighted by atomic mass is 16.5. The van der Waals surface area contributed by atoms with E-state index in [9.17, 15) is 9.59 Å². The van der Waals surface area contributed by atoms with Crippen LogP contribution in [-0.4, -0.2) is 18.9 Å². The highest BCUT2D eigenvalue weighted by Crippen LogP contribution is 2.16. The standard InChI is InChI=1S/C15H20O3/c1-11(2)14(16)13(15(17)18-3)10-9-12-7-5-4-6-8-12/h4-8,11,13H,9-10H2,1-3H3.